The van der Waals surface area contributed by atoms with E-state index in [1.807, 2.05) is 13.0 Å². The molecule has 4 bridgehead atoms. The van der Waals surface area contributed by atoms with Gasteiger partial charge in [-0.3, -0.25) is 30.3 Å². The third-order valence-corrected chi connectivity index (χ3v) is 16.2. The van der Waals surface area contributed by atoms with Crippen LogP contribution in [0.25, 0.3) is 0 Å². The molecule has 2 fully saturated rings. The second kappa shape index (κ2) is 30.5. The number of allylic oxidation sites excluding steroid dienone is 3. The first-order valence-corrected chi connectivity index (χ1v) is 29.4. The topological polar surface area (TPSA) is 326 Å². The number of benzene rings is 2. The van der Waals surface area contributed by atoms with Crippen LogP contribution in [-0.2, 0) is 54.1 Å². The average molecular weight is 1270 g/mol. The van der Waals surface area contributed by atoms with Crippen LogP contribution in [-0.4, -0.2) is 153 Å². The number of aliphatic hydroxyl groups is 1. The number of urea groups is 1. The smallest absolute Gasteiger partial charge is 0.412 e. The lowest BCUT2D eigenvalue weighted by atomic mass is 9.83. The predicted octanol–water partition coefficient (Wildman–Crippen LogP) is 6.88. The van der Waals surface area contributed by atoms with Crippen LogP contribution < -0.4 is 52.0 Å². The van der Waals surface area contributed by atoms with E-state index in [0.717, 1.165) is 11.1 Å². The highest BCUT2D eigenvalue weighted by molar-refractivity contribution is 9.09. The minimum atomic E-state index is -1.91. The van der Waals surface area contributed by atoms with E-state index in [-0.39, 0.29) is 64.8 Å². The number of nitrogens with two attached hydrogens (primary N) is 1. The van der Waals surface area contributed by atoms with Gasteiger partial charge in [0, 0.05) is 55.7 Å². The number of anilines is 3. The number of epoxide rings is 1. The molecule has 85 heavy (non-hydrogen) atoms. The summed E-state index contributed by atoms with van der Waals surface area (Å²) in [6, 6.07) is 4.13. The van der Waals surface area contributed by atoms with Gasteiger partial charge in [0.15, 0.2) is 5.72 Å². The van der Waals surface area contributed by atoms with Crippen LogP contribution in [0.3, 0.4) is 0 Å². The molecule has 2 aromatic rings. The number of nitrogens with one attached hydrogen (secondary N) is 6. The Morgan fingerprint density at radius 2 is 1.75 bits per heavy atom. The molecular weight excluding hydrogens is 1190 g/mol. The van der Waals surface area contributed by atoms with Crippen LogP contribution in [0.5, 0.6) is 11.5 Å². The Labute approximate surface area is 509 Å². The largest absolute Gasteiger partial charge is 0.495 e. The summed E-state index contributed by atoms with van der Waals surface area (Å²) in [6.07, 6.45) is 1.19. The highest BCUT2D eigenvalue weighted by atomic mass is 79.9. The Hall–Kier alpha value is -6.77. The number of hydrogen-bond donors (Lipinski definition) is 8. The highest BCUT2D eigenvalue weighted by Crippen LogP contribution is 2.49. The summed E-state index contributed by atoms with van der Waals surface area (Å²) in [5.41, 5.74) is 3.64. The van der Waals surface area contributed by atoms with Gasteiger partial charge in [-0.1, -0.05) is 78.7 Å². The lowest BCUT2D eigenvalue weighted by Gasteiger charge is -2.42. The quantitative estimate of drug-likeness (QED) is 0.0101. The van der Waals surface area contributed by atoms with Crippen LogP contribution in [0.15, 0.2) is 66.3 Å². The van der Waals surface area contributed by atoms with Crippen molar-refractivity contribution in [1.82, 2.24) is 21.3 Å². The minimum absolute atomic E-state index is 0.0343. The molecule has 0 radical (unpaired) electrons. The number of fused-ring (bicyclic) bond motifs is 5. The Morgan fingerprint density at radius 1 is 1.05 bits per heavy atom. The number of esters is 1. The first-order chi connectivity index (χ1) is 40.0. The molecule has 24 nitrogen and oxygen atoms in total. The number of hydrogen-bond acceptors (Lipinski definition) is 17. The van der Waals surface area contributed by atoms with Crippen molar-refractivity contribution in [1.29, 1.82) is 0 Å². The zero-order valence-electron chi connectivity index (χ0n) is 50.0. The monoisotopic (exact) mass is 1270 g/mol. The molecule has 3 heterocycles. The summed E-state index contributed by atoms with van der Waals surface area (Å²) in [5, 5.41) is 28.7. The van der Waals surface area contributed by atoms with Crippen molar-refractivity contribution in [3.05, 3.63) is 76.9 Å². The standard InChI is InChI=1S/C59H82BrClN8O16/c1-32(2)49(64-38(31-70)17-14-22-57(6,7)85-53(74)34(4)30-60)52(73)67-40(18-15-23-63-54(62)75)51(72)66-39-21-20-37(27-42(39)79-10)65-55(76)83-46-28-47(71)69(9)41-25-36(26-43(80-11)48(41)61)24-33(3)16-13-19-45(81-12)59(78)29-44(82-56(77)68-59)35(5)50-58(46,8)84-50/h13,16,19-21,25-27,31-32,35,38,40,44-46,49-50,64,78H,4,14-15,17-18,22-24,28-30H2,1-3,5-12H3,(H,65,76)(H,66,72)(H,67,73)(H,68,77)(H3,62,63,75)/b19-13+,33-16+/t35-,38?,40+,44+,45-,46+,49+,50+,58+,59+/m1/s1. The molecule has 3 aliphatic rings. The Bertz CT molecular complexity index is 2850. The molecule has 2 saturated heterocycles. The number of halogens is 2. The normalized spacial score (nSPS) is 24.5. The van der Waals surface area contributed by atoms with Crippen molar-refractivity contribution < 1.29 is 76.6 Å². The van der Waals surface area contributed by atoms with E-state index in [0.29, 0.717) is 43.4 Å². The number of primary amides is 1. The molecular formula is C59H82BrClN8O16. The summed E-state index contributed by atoms with van der Waals surface area (Å²) in [6.45, 7) is 16.1. The predicted molar refractivity (Wildman–Crippen MR) is 322 cm³/mol. The zero-order valence-corrected chi connectivity index (χ0v) is 52.4. The maximum atomic E-state index is 14.5. The fraction of sp³-hybridized carbons (Fsp3) is 0.559. The molecule has 9 N–H and O–H groups in total. The number of alkyl carbamates (subject to hydrolysis) is 1. The van der Waals surface area contributed by atoms with Crippen LogP contribution in [0.2, 0.25) is 5.02 Å². The Morgan fingerprint density at radius 3 is 2.39 bits per heavy atom. The third kappa shape index (κ3) is 18.9. The van der Waals surface area contributed by atoms with Crippen molar-refractivity contribution >= 4 is 92.8 Å². The van der Waals surface area contributed by atoms with Crippen molar-refractivity contribution in [2.75, 3.05) is 55.8 Å². The molecule has 3 aliphatic heterocycles. The number of carbonyl (C=O) groups excluding carboxylic acids is 8. The van der Waals surface area contributed by atoms with Crippen LogP contribution >= 0.6 is 27.5 Å². The first kappa shape index (κ1) is 69.0. The van der Waals surface area contributed by atoms with E-state index in [1.165, 1.54) is 51.5 Å². The molecule has 26 heteroatoms. The van der Waals surface area contributed by atoms with E-state index < -0.39 is 114 Å². The second-order valence-corrected chi connectivity index (χ2v) is 23.6. The maximum absolute atomic E-state index is 14.5. The number of alkyl halides is 1. The van der Waals surface area contributed by atoms with Gasteiger partial charge >= 0.3 is 24.2 Å². The minimum Gasteiger partial charge on any atom is -0.495 e. The molecule has 7 amide bonds. The maximum Gasteiger partial charge on any atom is 0.412 e. The molecule has 10 atom stereocenters. The second-order valence-electron chi connectivity index (χ2n) is 22.6. The van der Waals surface area contributed by atoms with Gasteiger partial charge in [-0.2, -0.15) is 0 Å². The van der Waals surface area contributed by atoms with Gasteiger partial charge in [-0.15, -0.1) is 0 Å². The van der Waals surface area contributed by atoms with Crippen LogP contribution in [0.1, 0.15) is 99.0 Å². The number of nitrogens with zero attached hydrogens (tertiary/aromatic N) is 1. The average Bonchev–Trinajstić information content (AvgIpc) is 2.08. The summed E-state index contributed by atoms with van der Waals surface area (Å²) >= 11 is 10.0. The van der Waals surface area contributed by atoms with Gasteiger partial charge in [0.25, 0.3) is 0 Å². The molecule has 1 unspecified atom stereocenters. The summed E-state index contributed by atoms with van der Waals surface area (Å²) in [5.74, 6) is -2.92. The third-order valence-electron chi connectivity index (χ3n) is 15.1. The fourth-order valence-corrected chi connectivity index (χ4v) is 10.7. The van der Waals surface area contributed by atoms with Gasteiger partial charge in [0.2, 0.25) is 17.7 Å². The summed E-state index contributed by atoms with van der Waals surface area (Å²) in [7, 11) is 5.72. The lowest BCUT2D eigenvalue weighted by Crippen LogP contribution is -2.63. The fourth-order valence-electron chi connectivity index (χ4n) is 10.2. The van der Waals surface area contributed by atoms with Gasteiger partial charge < -0.3 is 69.6 Å². The summed E-state index contributed by atoms with van der Waals surface area (Å²) in [4.78, 5) is 107. The molecule has 0 spiro atoms. The number of methoxy groups -OCH3 is 3. The SMILES string of the molecule is C=C(CBr)C(=O)OC(C)(C)CCCC(C=O)N[C@H](C(=O)N[C@@H](CCCNC(N)=O)C(=O)Nc1ccc(NC(=O)O[C@H]2CC(=O)N(C)c3cc(cc(OC)c3Cl)C/C(C)=C/C=C/[C@@H](OC)[C@@]3(O)C[C@H](OC(=O)N3)[C@@H](C)[C@@H]3O[C@@]23C)cc1OC)C(C)C. The van der Waals surface area contributed by atoms with Crippen LogP contribution in [0.4, 0.5) is 31.4 Å². The Balaban J connectivity index is 1.36. The molecule has 2 aromatic carbocycles. The van der Waals surface area contributed by atoms with E-state index in [9.17, 15) is 43.5 Å². The van der Waals surface area contributed by atoms with Crippen molar-refractivity contribution in [2.45, 2.75) is 159 Å². The van der Waals surface area contributed by atoms with E-state index in [2.05, 4.69) is 54.4 Å². The zero-order chi connectivity index (χ0) is 63.1. The lowest BCUT2D eigenvalue weighted by molar-refractivity contribution is -0.152. The number of amides is 7. The van der Waals surface area contributed by atoms with Crippen molar-refractivity contribution in [3.8, 4) is 11.5 Å². The van der Waals surface area contributed by atoms with E-state index in [1.54, 1.807) is 65.8 Å². The van der Waals surface area contributed by atoms with Crippen LogP contribution in [0, 0.1) is 11.8 Å². The van der Waals surface area contributed by atoms with Crippen molar-refractivity contribution in [2.24, 2.45) is 17.6 Å². The number of aldehydes is 1. The Kier molecular flexibility index (Phi) is 24.8. The van der Waals surface area contributed by atoms with Gasteiger partial charge in [-0.25, -0.2) is 19.2 Å². The molecule has 0 aromatic heterocycles. The number of carbonyl (C=O) groups is 8. The van der Waals surface area contributed by atoms with E-state index >= 15 is 0 Å². The first-order valence-electron chi connectivity index (χ1n) is 27.9. The molecule has 0 aliphatic carbocycles. The molecule has 0 saturated carbocycles. The van der Waals surface area contributed by atoms with Gasteiger partial charge in [0.05, 0.1) is 50.2 Å². The van der Waals surface area contributed by atoms with Gasteiger partial charge in [0.1, 0.15) is 58.4 Å². The number of ether oxygens (including phenoxy) is 7. The highest BCUT2D eigenvalue weighted by Gasteiger charge is 2.64. The van der Waals surface area contributed by atoms with Gasteiger partial charge in [-0.05, 0) is 102 Å². The van der Waals surface area contributed by atoms with E-state index in [4.69, 9.17) is 50.5 Å². The summed E-state index contributed by atoms with van der Waals surface area (Å²) < 4.78 is 40.7. The van der Waals surface area contributed by atoms with Crippen molar-refractivity contribution in [3.63, 3.8) is 0 Å². The number of rotatable bonds is 24. The molecule has 468 valence electrons. The molecule has 5 rings (SSSR count).